The van der Waals surface area contributed by atoms with Crippen LogP contribution in [0.25, 0.3) is 11.3 Å². The van der Waals surface area contributed by atoms with Crippen LogP contribution in [0.15, 0.2) is 55.0 Å². The molecule has 1 saturated heterocycles. The Kier molecular flexibility index (Phi) is 17.5. The van der Waals surface area contributed by atoms with E-state index in [4.69, 9.17) is 44.6 Å². The first-order chi connectivity index (χ1) is 25.9. The number of likely N-dealkylation sites (tertiary alicyclic amines) is 1. The molecule has 25 heteroatoms. The Labute approximate surface area is 313 Å². The van der Waals surface area contributed by atoms with E-state index in [1.165, 1.54) is 28.2 Å². The minimum absolute atomic E-state index is 0.0482. The number of nitrogens with zero attached hydrogens (tertiary/aromatic N) is 5. The van der Waals surface area contributed by atoms with Crippen LogP contribution in [0.5, 0.6) is 0 Å². The maximum atomic E-state index is 10.6. The van der Waals surface area contributed by atoms with E-state index in [0.29, 0.717) is 0 Å². The minimum Gasteiger partial charge on any atom is -0.475 e. The van der Waals surface area contributed by atoms with Crippen molar-refractivity contribution in [2.75, 3.05) is 26.7 Å². The molecule has 0 unspecified atom stereocenters. The lowest BCUT2D eigenvalue weighted by Gasteiger charge is -2.49. The van der Waals surface area contributed by atoms with Gasteiger partial charge in [0.25, 0.3) is 0 Å². The lowest BCUT2D eigenvalue weighted by Crippen LogP contribution is -2.56. The van der Waals surface area contributed by atoms with Crippen molar-refractivity contribution in [2.45, 2.75) is 63.1 Å². The number of fused-ring (bicyclic) bond motifs is 2. The molecular formula is C32H33F12N5O8. The molecule has 5 rings (SSSR count). The first kappa shape index (κ1) is 49.6. The highest BCUT2D eigenvalue weighted by Gasteiger charge is 2.46. The van der Waals surface area contributed by atoms with Crippen LogP contribution < -0.4 is 0 Å². The van der Waals surface area contributed by atoms with Crippen molar-refractivity contribution < 1.29 is 92.3 Å². The summed E-state index contributed by atoms with van der Waals surface area (Å²) in [5.74, 6) is -9.78. The predicted molar refractivity (Wildman–Crippen MR) is 170 cm³/mol. The molecule has 0 amide bonds. The van der Waals surface area contributed by atoms with Crippen LogP contribution in [0, 0.1) is 6.92 Å². The first-order valence-electron chi connectivity index (χ1n) is 15.6. The second-order valence-corrected chi connectivity index (χ2v) is 11.8. The summed E-state index contributed by atoms with van der Waals surface area (Å²) in [6.45, 7) is 7.38. The molecule has 0 radical (unpaired) electrons. The van der Waals surface area contributed by atoms with Gasteiger partial charge >= 0.3 is 48.6 Å². The van der Waals surface area contributed by atoms with Crippen LogP contribution in [-0.4, -0.2) is 120 Å². The van der Waals surface area contributed by atoms with E-state index in [0.717, 1.165) is 45.6 Å². The third-order valence-electron chi connectivity index (χ3n) is 7.79. The molecule has 3 aromatic rings. The van der Waals surface area contributed by atoms with Crippen molar-refractivity contribution in [3.63, 3.8) is 0 Å². The van der Waals surface area contributed by atoms with E-state index < -0.39 is 48.6 Å². The molecule has 13 nitrogen and oxygen atoms in total. The van der Waals surface area contributed by atoms with Gasteiger partial charge in [-0.3, -0.25) is 14.8 Å². The summed E-state index contributed by atoms with van der Waals surface area (Å²) in [5, 5.41) is 28.5. The standard InChI is InChI=1S/C24H29N5.4C2HF3O2/c1-19-5-7-21(8-6-19)22-17-26-23-24(27(2)14-15-29(22)23)9-12-28(13-10-24)18-20-4-3-11-25-16-20;4*3-2(4,5)1(6)7/h3-8,11,16-17H,9-10,12-15,18H2,1-2H3;4*(H,6,7). The molecule has 4 heterocycles. The van der Waals surface area contributed by atoms with Gasteiger partial charge in [0.05, 0.1) is 17.4 Å². The monoisotopic (exact) mass is 843 g/mol. The number of likely N-dealkylation sites (N-methyl/N-ethyl adjacent to an activating group) is 1. The zero-order chi connectivity index (χ0) is 44.2. The molecule has 0 atom stereocenters. The zero-order valence-electron chi connectivity index (χ0n) is 29.3. The first-order valence-corrected chi connectivity index (χ1v) is 15.6. The number of imidazole rings is 1. The van der Waals surface area contributed by atoms with E-state index >= 15 is 0 Å². The third kappa shape index (κ3) is 15.9. The van der Waals surface area contributed by atoms with Gasteiger partial charge in [-0.1, -0.05) is 35.9 Å². The quantitative estimate of drug-likeness (QED) is 0.219. The van der Waals surface area contributed by atoms with Gasteiger partial charge in [-0.15, -0.1) is 0 Å². The Morgan fingerprint density at radius 2 is 1.09 bits per heavy atom. The summed E-state index contributed by atoms with van der Waals surface area (Å²) in [5.41, 5.74) is 5.16. The van der Waals surface area contributed by atoms with Gasteiger partial charge in [-0.05, 0) is 44.0 Å². The molecule has 0 bridgehead atoms. The van der Waals surface area contributed by atoms with Gasteiger partial charge in [0.1, 0.15) is 5.82 Å². The Balaban J connectivity index is 0.000000473. The Morgan fingerprint density at radius 1 is 0.667 bits per heavy atom. The number of carbonyl (C=O) groups is 4. The topological polar surface area (TPSA) is 186 Å². The van der Waals surface area contributed by atoms with Crippen LogP contribution in [-0.2, 0) is 37.8 Å². The fourth-order valence-electron chi connectivity index (χ4n) is 5.00. The second-order valence-electron chi connectivity index (χ2n) is 11.8. The molecule has 1 fully saturated rings. The number of carboxylic acids is 4. The third-order valence-corrected chi connectivity index (χ3v) is 7.79. The smallest absolute Gasteiger partial charge is 0.475 e. The number of aryl methyl sites for hydroxylation is 1. The highest BCUT2D eigenvalue weighted by atomic mass is 19.4. The number of pyridine rings is 1. The number of halogens is 12. The van der Waals surface area contributed by atoms with Crippen LogP contribution in [0.2, 0.25) is 0 Å². The number of hydrogen-bond acceptors (Lipinski definition) is 8. The summed E-state index contributed by atoms with van der Waals surface area (Å²) in [6, 6.07) is 13.0. The molecule has 57 heavy (non-hydrogen) atoms. The summed E-state index contributed by atoms with van der Waals surface area (Å²) >= 11 is 0. The van der Waals surface area contributed by atoms with Crippen molar-refractivity contribution in [1.82, 2.24) is 24.3 Å². The summed E-state index contributed by atoms with van der Waals surface area (Å²) in [6.07, 6.45) is -12.2. The Morgan fingerprint density at radius 3 is 1.46 bits per heavy atom. The number of benzene rings is 1. The van der Waals surface area contributed by atoms with Crippen LogP contribution >= 0.6 is 0 Å². The molecule has 2 aliphatic rings. The number of carboxylic acid groups (broad SMARTS) is 4. The van der Waals surface area contributed by atoms with Crippen molar-refractivity contribution in [3.8, 4) is 11.3 Å². The number of alkyl halides is 12. The zero-order valence-corrected chi connectivity index (χ0v) is 29.3. The molecule has 1 spiro atoms. The van der Waals surface area contributed by atoms with Crippen LogP contribution in [0.3, 0.4) is 0 Å². The second kappa shape index (κ2) is 20.1. The number of aromatic nitrogens is 3. The van der Waals surface area contributed by atoms with Gasteiger partial charge in [0, 0.05) is 45.1 Å². The van der Waals surface area contributed by atoms with Gasteiger partial charge in [0.15, 0.2) is 0 Å². The highest BCUT2D eigenvalue weighted by Crippen LogP contribution is 2.41. The van der Waals surface area contributed by atoms with Gasteiger partial charge in [-0.25, -0.2) is 24.2 Å². The largest absolute Gasteiger partial charge is 0.490 e. The molecule has 0 aliphatic carbocycles. The van der Waals surface area contributed by atoms with E-state index in [2.05, 4.69) is 69.9 Å². The number of aliphatic carboxylic acids is 4. The molecule has 318 valence electrons. The maximum absolute atomic E-state index is 10.6. The number of rotatable bonds is 3. The fraction of sp³-hybridized carbons (Fsp3) is 0.438. The van der Waals surface area contributed by atoms with Crippen molar-refractivity contribution >= 4 is 23.9 Å². The molecule has 4 N–H and O–H groups in total. The van der Waals surface area contributed by atoms with Crippen LogP contribution in [0.1, 0.15) is 29.8 Å². The Bertz CT molecular complexity index is 1680. The average Bonchev–Trinajstić information content (AvgIpc) is 3.53. The van der Waals surface area contributed by atoms with E-state index in [9.17, 15) is 52.7 Å². The summed E-state index contributed by atoms with van der Waals surface area (Å²) in [7, 11) is 2.28. The Hall–Kier alpha value is -5.46. The highest BCUT2D eigenvalue weighted by molar-refractivity contribution is 5.74. The van der Waals surface area contributed by atoms with Crippen molar-refractivity contribution in [1.29, 1.82) is 0 Å². The van der Waals surface area contributed by atoms with Gasteiger partial charge in [0.2, 0.25) is 0 Å². The molecule has 0 saturated carbocycles. The molecule has 2 aliphatic heterocycles. The number of piperidine rings is 1. The molecule has 1 aromatic carbocycles. The molecular weight excluding hydrogens is 810 g/mol. The van der Waals surface area contributed by atoms with Crippen LogP contribution in [0.4, 0.5) is 52.7 Å². The number of hydrogen-bond donors (Lipinski definition) is 4. The van der Waals surface area contributed by atoms with Crippen molar-refractivity contribution in [2.24, 2.45) is 0 Å². The van der Waals surface area contributed by atoms with Gasteiger partial charge in [-0.2, -0.15) is 52.7 Å². The van der Waals surface area contributed by atoms with E-state index in [-0.39, 0.29) is 5.54 Å². The minimum atomic E-state index is -5.08. The maximum Gasteiger partial charge on any atom is 0.490 e. The van der Waals surface area contributed by atoms with E-state index in [1.807, 2.05) is 18.5 Å². The fourth-order valence-corrected chi connectivity index (χ4v) is 5.00. The van der Waals surface area contributed by atoms with Gasteiger partial charge < -0.3 is 25.0 Å². The lowest BCUT2D eigenvalue weighted by molar-refractivity contribution is -0.193. The SMILES string of the molecule is Cc1ccc(-c2cnc3n2CCN(C)C32CCN(Cc3cccnc3)CC2)cc1.O=C(O)C(F)(F)F.O=C(O)C(F)(F)F.O=C(O)C(F)(F)F.O=C(O)C(F)(F)F. The summed E-state index contributed by atoms with van der Waals surface area (Å²) < 4.78 is 129. The van der Waals surface area contributed by atoms with E-state index in [1.54, 1.807) is 0 Å². The predicted octanol–water partition coefficient (Wildman–Crippen LogP) is 6.22. The normalized spacial score (nSPS) is 15.4. The molecule has 2 aromatic heterocycles. The average molecular weight is 844 g/mol. The van der Waals surface area contributed by atoms with Crippen molar-refractivity contribution in [3.05, 3.63) is 71.9 Å². The lowest BCUT2D eigenvalue weighted by atomic mass is 9.83. The summed E-state index contributed by atoms with van der Waals surface area (Å²) in [4.78, 5) is 49.9.